The van der Waals surface area contributed by atoms with Gasteiger partial charge in [-0.2, -0.15) is 11.8 Å². The highest BCUT2D eigenvalue weighted by Gasteiger charge is 2.01. The van der Waals surface area contributed by atoms with Gasteiger partial charge in [0.15, 0.2) is 0 Å². The number of carbonyl (C=O) groups is 1. The molecule has 96 valence electrons. The highest BCUT2D eigenvalue weighted by atomic mass is 32.2. The quantitative estimate of drug-likeness (QED) is 0.810. The summed E-state index contributed by atoms with van der Waals surface area (Å²) in [6, 6.07) is 8.07. The fraction of sp³-hybridized carbons (Fsp3) is 0.385. The summed E-state index contributed by atoms with van der Waals surface area (Å²) in [7, 11) is 0. The summed E-state index contributed by atoms with van der Waals surface area (Å²) in [4.78, 5) is 15.6. The normalized spacial score (nSPS) is 10.7. The number of hydrogen-bond donors (Lipinski definition) is 1. The lowest BCUT2D eigenvalue weighted by Crippen LogP contribution is -2.26. The summed E-state index contributed by atoms with van der Waals surface area (Å²) < 4.78 is 2.12. The Hall–Kier alpha value is -1.49. The van der Waals surface area contributed by atoms with Crippen molar-refractivity contribution in [1.29, 1.82) is 0 Å². The molecule has 1 aromatic heterocycles. The van der Waals surface area contributed by atoms with Gasteiger partial charge in [-0.05, 0) is 24.8 Å². The van der Waals surface area contributed by atoms with Crippen LogP contribution in [0.2, 0.25) is 0 Å². The van der Waals surface area contributed by atoms with Gasteiger partial charge in [-0.3, -0.25) is 4.79 Å². The molecule has 0 saturated carbocycles. The number of thioether (sulfide) groups is 1. The van der Waals surface area contributed by atoms with Crippen LogP contribution < -0.4 is 5.32 Å². The second kappa shape index (κ2) is 6.44. The van der Waals surface area contributed by atoms with E-state index in [2.05, 4.69) is 20.9 Å². The average Bonchev–Trinajstić information content (AvgIpc) is 2.78. The Balaban J connectivity index is 1.82. The van der Waals surface area contributed by atoms with Crippen LogP contribution in [0.1, 0.15) is 6.42 Å². The third kappa shape index (κ3) is 3.26. The van der Waals surface area contributed by atoms with Gasteiger partial charge in [0.25, 0.3) is 0 Å². The van der Waals surface area contributed by atoms with Crippen LogP contribution in [0, 0.1) is 0 Å². The van der Waals surface area contributed by atoms with Crippen LogP contribution >= 0.6 is 11.8 Å². The van der Waals surface area contributed by atoms with E-state index >= 15 is 0 Å². The predicted molar refractivity (Wildman–Crippen MR) is 75.7 cm³/mol. The zero-order valence-electron chi connectivity index (χ0n) is 10.4. The number of carbonyl (C=O) groups excluding carboxylic acids is 1. The smallest absolute Gasteiger partial charge is 0.229 e. The lowest BCUT2D eigenvalue weighted by atomic mass is 10.3. The van der Waals surface area contributed by atoms with Gasteiger partial charge in [-0.25, -0.2) is 4.98 Å². The molecule has 1 heterocycles. The zero-order valence-corrected chi connectivity index (χ0v) is 11.2. The lowest BCUT2D eigenvalue weighted by Gasteiger charge is -2.05. The predicted octanol–water partition coefficient (Wildman–Crippen LogP) is 1.91. The van der Waals surface area contributed by atoms with E-state index in [-0.39, 0.29) is 5.91 Å². The van der Waals surface area contributed by atoms with E-state index in [0.29, 0.717) is 12.3 Å². The SMILES string of the molecule is CSCC(=O)NCCCn1cnc2ccccc21. The molecule has 0 aliphatic carbocycles. The van der Waals surface area contributed by atoms with Crippen LogP contribution in [-0.4, -0.2) is 34.0 Å². The van der Waals surface area contributed by atoms with E-state index in [4.69, 9.17) is 0 Å². The molecule has 0 fully saturated rings. The van der Waals surface area contributed by atoms with Crippen LogP contribution in [0.4, 0.5) is 0 Å². The van der Waals surface area contributed by atoms with Gasteiger partial charge in [-0.1, -0.05) is 12.1 Å². The molecule has 18 heavy (non-hydrogen) atoms. The van der Waals surface area contributed by atoms with Gasteiger partial charge in [0.2, 0.25) is 5.91 Å². The molecule has 1 amide bonds. The van der Waals surface area contributed by atoms with E-state index in [1.54, 1.807) is 11.8 Å². The van der Waals surface area contributed by atoms with Crippen LogP contribution in [0.25, 0.3) is 11.0 Å². The number of nitrogens with zero attached hydrogens (tertiary/aromatic N) is 2. The number of imidazole rings is 1. The highest BCUT2D eigenvalue weighted by Crippen LogP contribution is 2.11. The largest absolute Gasteiger partial charge is 0.355 e. The fourth-order valence-electron chi connectivity index (χ4n) is 1.85. The molecule has 0 atom stereocenters. The van der Waals surface area contributed by atoms with Crippen molar-refractivity contribution in [3.8, 4) is 0 Å². The second-order valence-corrected chi connectivity index (χ2v) is 4.93. The number of fused-ring (bicyclic) bond motifs is 1. The maximum atomic E-state index is 11.3. The fourth-order valence-corrected chi connectivity index (χ4v) is 2.21. The first-order valence-corrected chi connectivity index (χ1v) is 7.36. The number of para-hydroxylation sites is 2. The van der Waals surface area contributed by atoms with Crippen LogP contribution in [0.15, 0.2) is 30.6 Å². The first-order chi connectivity index (χ1) is 8.81. The zero-order chi connectivity index (χ0) is 12.8. The van der Waals surface area contributed by atoms with Crippen molar-refractivity contribution in [1.82, 2.24) is 14.9 Å². The summed E-state index contributed by atoms with van der Waals surface area (Å²) in [6.45, 7) is 1.59. The average molecular weight is 263 g/mol. The van der Waals surface area contributed by atoms with E-state index in [0.717, 1.165) is 24.0 Å². The number of nitrogens with one attached hydrogen (secondary N) is 1. The Morgan fingerprint density at radius 2 is 2.28 bits per heavy atom. The van der Waals surface area contributed by atoms with Crippen molar-refractivity contribution in [2.75, 3.05) is 18.6 Å². The molecular formula is C13H17N3OS. The number of amides is 1. The summed E-state index contributed by atoms with van der Waals surface area (Å²) in [5, 5.41) is 2.90. The molecule has 1 N–H and O–H groups in total. The van der Waals surface area contributed by atoms with Gasteiger partial charge in [-0.15, -0.1) is 0 Å². The molecule has 1 aromatic carbocycles. The molecule has 0 bridgehead atoms. The number of aryl methyl sites for hydroxylation is 1. The number of benzene rings is 1. The monoisotopic (exact) mass is 263 g/mol. The van der Waals surface area contributed by atoms with E-state index in [1.165, 1.54) is 0 Å². The Morgan fingerprint density at radius 3 is 3.11 bits per heavy atom. The van der Waals surface area contributed by atoms with Gasteiger partial charge in [0.1, 0.15) is 0 Å². The highest BCUT2D eigenvalue weighted by molar-refractivity contribution is 7.99. The number of hydrogen-bond acceptors (Lipinski definition) is 3. The summed E-state index contributed by atoms with van der Waals surface area (Å²) >= 11 is 1.54. The molecular weight excluding hydrogens is 246 g/mol. The number of aromatic nitrogens is 2. The molecule has 0 radical (unpaired) electrons. The Morgan fingerprint density at radius 1 is 1.44 bits per heavy atom. The summed E-state index contributed by atoms with van der Waals surface area (Å²) in [5.41, 5.74) is 2.16. The van der Waals surface area contributed by atoms with Gasteiger partial charge < -0.3 is 9.88 Å². The first kappa shape index (κ1) is 13.0. The van der Waals surface area contributed by atoms with Gasteiger partial charge in [0.05, 0.1) is 23.1 Å². The van der Waals surface area contributed by atoms with Crippen molar-refractivity contribution < 1.29 is 4.79 Å². The molecule has 4 nitrogen and oxygen atoms in total. The molecule has 5 heteroatoms. The topological polar surface area (TPSA) is 46.9 Å². The van der Waals surface area contributed by atoms with Crippen LogP contribution in [0.3, 0.4) is 0 Å². The minimum Gasteiger partial charge on any atom is -0.355 e. The van der Waals surface area contributed by atoms with Crippen molar-refractivity contribution in [2.45, 2.75) is 13.0 Å². The maximum absolute atomic E-state index is 11.3. The van der Waals surface area contributed by atoms with Gasteiger partial charge >= 0.3 is 0 Å². The number of rotatable bonds is 6. The van der Waals surface area contributed by atoms with Crippen LogP contribution in [-0.2, 0) is 11.3 Å². The molecule has 0 spiro atoms. The molecule has 0 aliphatic heterocycles. The van der Waals surface area contributed by atoms with Crippen molar-refractivity contribution in [2.24, 2.45) is 0 Å². The van der Waals surface area contributed by atoms with Crippen molar-refractivity contribution in [3.63, 3.8) is 0 Å². The molecule has 0 aliphatic rings. The van der Waals surface area contributed by atoms with E-state index in [9.17, 15) is 4.79 Å². The van der Waals surface area contributed by atoms with Crippen LogP contribution in [0.5, 0.6) is 0 Å². The van der Waals surface area contributed by atoms with Crippen molar-refractivity contribution >= 4 is 28.7 Å². The van der Waals surface area contributed by atoms with E-state index in [1.807, 2.05) is 30.8 Å². The Labute approximate surface area is 111 Å². The lowest BCUT2D eigenvalue weighted by molar-refractivity contribution is -0.118. The van der Waals surface area contributed by atoms with Crippen molar-refractivity contribution in [3.05, 3.63) is 30.6 Å². The maximum Gasteiger partial charge on any atom is 0.229 e. The molecule has 2 rings (SSSR count). The minimum atomic E-state index is 0.109. The minimum absolute atomic E-state index is 0.109. The summed E-state index contributed by atoms with van der Waals surface area (Å²) in [5.74, 6) is 0.645. The second-order valence-electron chi connectivity index (χ2n) is 4.06. The Bertz CT molecular complexity index is 524. The summed E-state index contributed by atoms with van der Waals surface area (Å²) in [6.07, 6.45) is 4.70. The molecule has 0 unspecified atom stereocenters. The molecule has 0 saturated heterocycles. The van der Waals surface area contributed by atoms with Gasteiger partial charge in [0, 0.05) is 13.1 Å². The first-order valence-electron chi connectivity index (χ1n) is 5.97. The Kier molecular flexibility index (Phi) is 4.64. The van der Waals surface area contributed by atoms with E-state index < -0.39 is 0 Å². The standard InChI is InChI=1S/C13H17N3OS/c1-18-9-13(17)14-7-4-8-16-10-15-11-5-2-3-6-12(11)16/h2-3,5-6,10H,4,7-9H2,1H3,(H,14,17). The third-order valence-electron chi connectivity index (χ3n) is 2.70. The molecule has 2 aromatic rings. The third-order valence-corrected chi connectivity index (χ3v) is 3.25.